The normalized spacial score (nSPS) is 15.1. The Kier molecular flexibility index (Phi) is 4.97. The van der Waals surface area contributed by atoms with E-state index in [0.717, 1.165) is 12.0 Å². The molecule has 0 aromatic heterocycles. The van der Waals surface area contributed by atoms with Gasteiger partial charge in [-0.3, -0.25) is 0 Å². The second-order valence-corrected chi connectivity index (χ2v) is 4.68. The minimum Gasteiger partial charge on any atom is -0.388 e. The predicted molar refractivity (Wildman–Crippen MR) is 68.2 cm³/mol. The number of aliphatic hydroxyl groups is 1. The van der Waals surface area contributed by atoms with Gasteiger partial charge >= 0.3 is 0 Å². The highest BCUT2D eigenvalue weighted by Crippen LogP contribution is 2.27. The van der Waals surface area contributed by atoms with Crippen LogP contribution in [0.15, 0.2) is 24.3 Å². The van der Waals surface area contributed by atoms with Crippen molar-refractivity contribution in [3.63, 3.8) is 0 Å². The maximum Gasteiger partial charge on any atom is 0.0832 e. The Morgan fingerprint density at radius 1 is 1.19 bits per heavy atom. The van der Waals surface area contributed by atoms with Crippen LogP contribution in [0.1, 0.15) is 38.0 Å². The molecule has 0 aliphatic heterocycles. The van der Waals surface area contributed by atoms with Crippen LogP contribution < -0.4 is 5.73 Å². The fourth-order valence-corrected chi connectivity index (χ4v) is 1.96. The summed E-state index contributed by atoms with van der Waals surface area (Å²) in [7, 11) is 0. The van der Waals surface area contributed by atoms with Gasteiger partial charge in [-0.1, -0.05) is 45.0 Å². The molecule has 1 rings (SSSR count). The molecule has 0 saturated carbocycles. The van der Waals surface area contributed by atoms with E-state index >= 15 is 0 Å². The molecule has 0 aliphatic carbocycles. The van der Waals surface area contributed by atoms with E-state index in [1.165, 1.54) is 5.56 Å². The van der Waals surface area contributed by atoms with Crippen molar-refractivity contribution in [2.45, 2.75) is 33.3 Å². The first kappa shape index (κ1) is 13.2. The SMILES string of the molecule is CCc1ccc(C(O)C(CN)C(C)C)cc1. The van der Waals surface area contributed by atoms with Crippen molar-refractivity contribution in [3.8, 4) is 0 Å². The summed E-state index contributed by atoms with van der Waals surface area (Å²) < 4.78 is 0. The Morgan fingerprint density at radius 2 is 1.75 bits per heavy atom. The van der Waals surface area contributed by atoms with Crippen molar-refractivity contribution in [2.24, 2.45) is 17.6 Å². The van der Waals surface area contributed by atoms with Crippen LogP contribution in [0, 0.1) is 11.8 Å². The van der Waals surface area contributed by atoms with Crippen LogP contribution in [0.2, 0.25) is 0 Å². The number of nitrogens with two attached hydrogens (primary N) is 1. The molecule has 0 bridgehead atoms. The Bertz CT molecular complexity index is 305. The zero-order valence-corrected chi connectivity index (χ0v) is 10.5. The average Bonchev–Trinajstić information content (AvgIpc) is 2.29. The summed E-state index contributed by atoms with van der Waals surface area (Å²) in [4.78, 5) is 0. The molecule has 3 N–H and O–H groups in total. The predicted octanol–water partition coefficient (Wildman–Crippen LogP) is 2.51. The molecule has 2 nitrogen and oxygen atoms in total. The van der Waals surface area contributed by atoms with Crippen LogP contribution in [0.3, 0.4) is 0 Å². The maximum atomic E-state index is 10.2. The van der Waals surface area contributed by atoms with Gasteiger partial charge in [-0.25, -0.2) is 0 Å². The first-order valence-corrected chi connectivity index (χ1v) is 6.07. The second kappa shape index (κ2) is 6.02. The van der Waals surface area contributed by atoms with Gasteiger partial charge in [0.05, 0.1) is 6.10 Å². The molecule has 1 aromatic rings. The Labute approximate surface area is 98.5 Å². The lowest BCUT2D eigenvalue weighted by molar-refractivity contribution is 0.0861. The minimum atomic E-state index is -0.448. The minimum absolute atomic E-state index is 0.132. The Morgan fingerprint density at radius 3 is 2.12 bits per heavy atom. The van der Waals surface area contributed by atoms with Gasteiger partial charge in [0.15, 0.2) is 0 Å². The molecule has 2 heteroatoms. The number of rotatable bonds is 5. The quantitative estimate of drug-likeness (QED) is 0.802. The summed E-state index contributed by atoms with van der Waals surface area (Å²) in [6.07, 6.45) is 0.580. The molecule has 0 heterocycles. The maximum absolute atomic E-state index is 10.2. The summed E-state index contributed by atoms with van der Waals surface area (Å²) >= 11 is 0. The molecule has 0 radical (unpaired) electrons. The zero-order valence-electron chi connectivity index (χ0n) is 10.5. The van der Waals surface area contributed by atoms with E-state index in [1.807, 2.05) is 12.1 Å². The van der Waals surface area contributed by atoms with Crippen molar-refractivity contribution in [1.82, 2.24) is 0 Å². The third kappa shape index (κ3) is 3.06. The van der Waals surface area contributed by atoms with E-state index in [4.69, 9.17) is 5.73 Å². The van der Waals surface area contributed by atoms with Crippen molar-refractivity contribution in [1.29, 1.82) is 0 Å². The number of aliphatic hydroxyl groups excluding tert-OH is 1. The third-order valence-corrected chi connectivity index (χ3v) is 3.26. The number of hydrogen-bond acceptors (Lipinski definition) is 2. The van der Waals surface area contributed by atoms with Gasteiger partial charge in [-0.2, -0.15) is 0 Å². The number of hydrogen-bond donors (Lipinski definition) is 2. The van der Waals surface area contributed by atoms with E-state index in [-0.39, 0.29) is 5.92 Å². The van der Waals surface area contributed by atoms with E-state index < -0.39 is 6.10 Å². The van der Waals surface area contributed by atoms with Gasteiger partial charge in [-0.05, 0) is 30.0 Å². The molecule has 0 aliphatic rings. The summed E-state index contributed by atoms with van der Waals surface area (Å²) in [5.41, 5.74) is 7.98. The largest absolute Gasteiger partial charge is 0.388 e. The highest BCUT2D eigenvalue weighted by Gasteiger charge is 2.22. The molecule has 2 unspecified atom stereocenters. The molecule has 2 atom stereocenters. The summed E-state index contributed by atoms with van der Waals surface area (Å²) in [6.45, 7) is 6.85. The third-order valence-electron chi connectivity index (χ3n) is 3.26. The molecular weight excluding hydrogens is 198 g/mol. The van der Waals surface area contributed by atoms with Crippen LogP contribution in [0.5, 0.6) is 0 Å². The lowest BCUT2D eigenvalue weighted by Crippen LogP contribution is -2.26. The highest BCUT2D eigenvalue weighted by molar-refractivity contribution is 5.24. The zero-order chi connectivity index (χ0) is 12.1. The van der Waals surface area contributed by atoms with Crippen LogP contribution >= 0.6 is 0 Å². The van der Waals surface area contributed by atoms with E-state index in [0.29, 0.717) is 12.5 Å². The molecule has 90 valence electrons. The van der Waals surface area contributed by atoms with Crippen molar-refractivity contribution < 1.29 is 5.11 Å². The average molecular weight is 221 g/mol. The smallest absolute Gasteiger partial charge is 0.0832 e. The topological polar surface area (TPSA) is 46.2 Å². The van der Waals surface area contributed by atoms with Crippen molar-refractivity contribution >= 4 is 0 Å². The molecule has 0 saturated heterocycles. The summed E-state index contributed by atoms with van der Waals surface area (Å²) in [5, 5.41) is 10.2. The fraction of sp³-hybridized carbons (Fsp3) is 0.571. The van der Waals surface area contributed by atoms with Crippen LogP contribution in [0.4, 0.5) is 0 Å². The van der Waals surface area contributed by atoms with Gasteiger partial charge in [0.25, 0.3) is 0 Å². The van der Waals surface area contributed by atoms with Crippen LogP contribution in [0.25, 0.3) is 0 Å². The molecular formula is C14H23NO. The molecule has 16 heavy (non-hydrogen) atoms. The Balaban J connectivity index is 2.82. The molecule has 0 fully saturated rings. The first-order chi connectivity index (χ1) is 7.60. The lowest BCUT2D eigenvalue weighted by atomic mass is 9.86. The lowest BCUT2D eigenvalue weighted by Gasteiger charge is -2.25. The summed E-state index contributed by atoms with van der Waals surface area (Å²) in [6, 6.07) is 8.17. The molecule has 1 aromatic carbocycles. The van der Waals surface area contributed by atoms with Crippen LogP contribution in [-0.2, 0) is 6.42 Å². The van der Waals surface area contributed by atoms with Gasteiger partial charge in [0.2, 0.25) is 0 Å². The molecule has 0 spiro atoms. The van der Waals surface area contributed by atoms with Crippen LogP contribution in [-0.4, -0.2) is 11.7 Å². The van der Waals surface area contributed by atoms with Crippen molar-refractivity contribution in [2.75, 3.05) is 6.54 Å². The number of benzene rings is 1. The standard InChI is InChI=1S/C14H23NO/c1-4-11-5-7-12(8-6-11)14(16)13(9-15)10(2)3/h5-8,10,13-14,16H,4,9,15H2,1-3H3. The van der Waals surface area contributed by atoms with Gasteiger partial charge in [-0.15, -0.1) is 0 Å². The van der Waals surface area contributed by atoms with Gasteiger partial charge in [0, 0.05) is 5.92 Å². The van der Waals surface area contributed by atoms with Gasteiger partial charge < -0.3 is 10.8 Å². The second-order valence-electron chi connectivity index (χ2n) is 4.68. The van der Waals surface area contributed by atoms with E-state index in [2.05, 4.69) is 32.9 Å². The first-order valence-electron chi connectivity index (χ1n) is 6.07. The monoisotopic (exact) mass is 221 g/mol. The fourth-order valence-electron chi connectivity index (χ4n) is 1.96. The van der Waals surface area contributed by atoms with E-state index in [1.54, 1.807) is 0 Å². The highest BCUT2D eigenvalue weighted by atomic mass is 16.3. The Hall–Kier alpha value is -0.860. The van der Waals surface area contributed by atoms with E-state index in [9.17, 15) is 5.11 Å². The molecule has 0 amide bonds. The van der Waals surface area contributed by atoms with Gasteiger partial charge in [0.1, 0.15) is 0 Å². The number of aryl methyl sites for hydroxylation is 1. The summed E-state index contributed by atoms with van der Waals surface area (Å²) in [5.74, 6) is 0.526. The van der Waals surface area contributed by atoms with Crippen molar-refractivity contribution in [3.05, 3.63) is 35.4 Å².